The molecule has 0 aliphatic rings. The monoisotopic (exact) mass is 463 g/mol. The quantitative estimate of drug-likeness (QED) is 0.241. The molecular weight excluding hydrogens is 442 g/mol. The summed E-state index contributed by atoms with van der Waals surface area (Å²) < 4.78 is 30.1. The minimum Gasteiger partial charge on any atom is -0.313 e. The molecule has 33 heavy (non-hydrogen) atoms. The second-order valence-corrected chi connectivity index (χ2v) is 9.46. The predicted molar refractivity (Wildman–Crippen MR) is 127 cm³/mol. The first-order chi connectivity index (χ1) is 15.6. The number of fused-ring (bicyclic) bond motifs is 1. The fourth-order valence-electron chi connectivity index (χ4n) is 3.93. The van der Waals surface area contributed by atoms with Gasteiger partial charge in [-0.15, -0.1) is 0 Å². The Kier molecular flexibility index (Phi) is 5.51. The number of aryl methyl sites for hydroxylation is 1. The van der Waals surface area contributed by atoms with E-state index in [4.69, 9.17) is 0 Å². The van der Waals surface area contributed by atoms with Crippen LogP contribution < -0.4 is 4.72 Å². The summed E-state index contributed by atoms with van der Waals surface area (Å²) in [5.74, 6) is -0.137. The number of hydrogen-bond donors (Lipinski definition) is 1. The second-order valence-electron chi connectivity index (χ2n) is 7.78. The van der Waals surface area contributed by atoms with Crippen LogP contribution in [0.4, 0.5) is 11.4 Å². The molecule has 0 unspecified atom stereocenters. The van der Waals surface area contributed by atoms with Gasteiger partial charge in [0.2, 0.25) is 0 Å². The Morgan fingerprint density at radius 3 is 2.33 bits per heavy atom. The predicted octanol–water partition coefficient (Wildman–Crippen LogP) is 5.16. The number of nitro benzene ring substituents is 1. The molecule has 8 nitrogen and oxygen atoms in total. The van der Waals surface area contributed by atoms with E-state index in [-0.39, 0.29) is 22.1 Å². The van der Waals surface area contributed by atoms with E-state index in [9.17, 15) is 23.3 Å². The number of aromatic nitrogens is 1. The van der Waals surface area contributed by atoms with Crippen molar-refractivity contribution in [2.24, 2.45) is 0 Å². The van der Waals surface area contributed by atoms with E-state index in [1.54, 1.807) is 18.2 Å². The lowest BCUT2D eigenvalue weighted by atomic mass is 10.1. The molecule has 0 saturated heterocycles. The standard InChI is InChI=1S/C24H21N3O5S/c1-15-7-10-19(11-8-15)26-16(2)24(17(3)28)22-13-18(9-12-23(22)26)25-33(31,32)21-6-4-5-20(14-21)27(29)30/h4-14,25H,1-3H3. The largest absolute Gasteiger partial charge is 0.313 e. The Hall–Kier alpha value is -3.98. The van der Waals surface area contributed by atoms with Gasteiger partial charge in [0.1, 0.15) is 0 Å². The zero-order chi connectivity index (χ0) is 23.9. The van der Waals surface area contributed by atoms with Crippen LogP contribution in [0.2, 0.25) is 0 Å². The van der Waals surface area contributed by atoms with Gasteiger partial charge in [-0.2, -0.15) is 0 Å². The van der Waals surface area contributed by atoms with Crippen LogP contribution in [0.3, 0.4) is 0 Å². The highest BCUT2D eigenvalue weighted by Gasteiger charge is 2.21. The van der Waals surface area contributed by atoms with E-state index in [2.05, 4.69) is 4.72 Å². The van der Waals surface area contributed by atoms with E-state index >= 15 is 0 Å². The SMILES string of the molecule is CC(=O)c1c(C)n(-c2ccc(C)cc2)c2ccc(NS(=O)(=O)c3cccc([N+](=O)[O-])c3)cc12. The molecule has 0 radical (unpaired) electrons. The lowest BCUT2D eigenvalue weighted by Crippen LogP contribution is -2.13. The number of non-ortho nitro benzene ring substituents is 1. The van der Waals surface area contributed by atoms with Gasteiger partial charge >= 0.3 is 0 Å². The van der Waals surface area contributed by atoms with Crippen molar-refractivity contribution < 1.29 is 18.1 Å². The van der Waals surface area contributed by atoms with Crippen LogP contribution in [0.25, 0.3) is 16.6 Å². The molecular formula is C24H21N3O5S. The van der Waals surface area contributed by atoms with Crippen molar-refractivity contribution in [2.45, 2.75) is 25.7 Å². The molecule has 1 heterocycles. The molecule has 0 fully saturated rings. The van der Waals surface area contributed by atoms with Gasteiger partial charge in [0.15, 0.2) is 5.78 Å². The molecule has 9 heteroatoms. The van der Waals surface area contributed by atoms with E-state index in [1.165, 1.54) is 25.1 Å². The molecule has 1 N–H and O–H groups in total. The first-order valence-corrected chi connectivity index (χ1v) is 11.6. The maximum Gasteiger partial charge on any atom is 0.270 e. The molecule has 0 aliphatic carbocycles. The van der Waals surface area contributed by atoms with E-state index in [0.717, 1.165) is 28.5 Å². The lowest BCUT2D eigenvalue weighted by molar-refractivity contribution is -0.385. The van der Waals surface area contributed by atoms with Gasteiger partial charge in [-0.3, -0.25) is 19.6 Å². The first kappa shape index (κ1) is 22.2. The molecule has 0 aliphatic heterocycles. The summed E-state index contributed by atoms with van der Waals surface area (Å²) >= 11 is 0. The van der Waals surface area contributed by atoms with Gasteiger partial charge < -0.3 is 4.57 Å². The highest BCUT2D eigenvalue weighted by atomic mass is 32.2. The van der Waals surface area contributed by atoms with Crippen LogP contribution in [0, 0.1) is 24.0 Å². The summed E-state index contributed by atoms with van der Waals surface area (Å²) in [7, 11) is -4.08. The molecule has 4 aromatic rings. The average Bonchev–Trinajstić information content (AvgIpc) is 3.05. The summed E-state index contributed by atoms with van der Waals surface area (Å²) in [5.41, 5.74) is 3.94. The Labute approximate surface area is 190 Å². The third-order valence-electron chi connectivity index (χ3n) is 5.44. The topological polar surface area (TPSA) is 111 Å². The van der Waals surface area contributed by atoms with Crippen molar-refractivity contribution in [1.29, 1.82) is 0 Å². The van der Waals surface area contributed by atoms with Gasteiger partial charge in [0.05, 0.1) is 15.3 Å². The summed E-state index contributed by atoms with van der Waals surface area (Å²) in [6, 6.07) is 17.7. The van der Waals surface area contributed by atoms with Gasteiger partial charge in [-0.25, -0.2) is 8.42 Å². The van der Waals surface area contributed by atoms with Crippen molar-refractivity contribution in [1.82, 2.24) is 4.57 Å². The lowest BCUT2D eigenvalue weighted by Gasteiger charge is -2.10. The maximum absolute atomic E-state index is 12.9. The van der Waals surface area contributed by atoms with E-state index in [1.807, 2.05) is 42.7 Å². The minimum atomic E-state index is -4.08. The molecule has 3 aromatic carbocycles. The van der Waals surface area contributed by atoms with Crippen LogP contribution in [-0.4, -0.2) is 23.7 Å². The number of ketones is 1. The number of nitrogens with zero attached hydrogens (tertiary/aromatic N) is 2. The zero-order valence-electron chi connectivity index (χ0n) is 18.2. The summed E-state index contributed by atoms with van der Waals surface area (Å²) in [6.45, 7) is 5.32. The number of carbonyl (C=O) groups excluding carboxylic acids is 1. The molecule has 0 spiro atoms. The number of nitro groups is 1. The molecule has 168 valence electrons. The fourth-order valence-corrected chi connectivity index (χ4v) is 5.02. The van der Waals surface area contributed by atoms with Crippen LogP contribution in [0.1, 0.15) is 28.5 Å². The summed E-state index contributed by atoms with van der Waals surface area (Å²) in [6.07, 6.45) is 0. The number of sulfonamides is 1. The fraction of sp³-hybridized carbons (Fsp3) is 0.125. The average molecular weight is 464 g/mol. The van der Waals surface area contributed by atoms with Crippen molar-refractivity contribution in [3.8, 4) is 5.69 Å². The first-order valence-electron chi connectivity index (χ1n) is 10.1. The number of anilines is 1. The second kappa shape index (κ2) is 8.18. The molecule has 0 amide bonds. The number of hydrogen-bond acceptors (Lipinski definition) is 5. The third-order valence-corrected chi connectivity index (χ3v) is 6.82. The molecule has 0 atom stereocenters. The van der Waals surface area contributed by atoms with E-state index < -0.39 is 14.9 Å². The Morgan fingerprint density at radius 1 is 1.00 bits per heavy atom. The van der Waals surface area contributed by atoms with Crippen LogP contribution in [-0.2, 0) is 10.0 Å². The van der Waals surface area contributed by atoms with Crippen LogP contribution in [0.5, 0.6) is 0 Å². The third kappa shape index (κ3) is 4.10. The van der Waals surface area contributed by atoms with Crippen molar-refractivity contribution >= 4 is 38.1 Å². The number of carbonyl (C=O) groups is 1. The molecule has 0 saturated carbocycles. The highest BCUT2D eigenvalue weighted by molar-refractivity contribution is 7.92. The Balaban J connectivity index is 1.82. The van der Waals surface area contributed by atoms with Crippen molar-refractivity contribution in [3.63, 3.8) is 0 Å². The van der Waals surface area contributed by atoms with Crippen molar-refractivity contribution in [3.05, 3.63) is 93.7 Å². The Bertz CT molecular complexity index is 1520. The normalized spacial score (nSPS) is 11.5. The number of rotatable bonds is 6. The van der Waals surface area contributed by atoms with Crippen LogP contribution in [0.15, 0.2) is 71.6 Å². The molecule has 0 bridgehead atoms. The number of nitrogens with one attached hydrogen (secondary N) is 1. The Morgan fingerprint density at radius 2 is 1.70 bits per heavy atom. The zero-order valence-corrected chi connectivity index (χ0v) is 19.0. The van der Waals surface area contributed by atoms with Gasteiger partial charge in [-0.1, -0.05) is 23.8 Å². The maximum atomic E-state index is 12.9. The summed E-state index contributed by atoms with van der Waals surface area (Å²) in [5, 5.41) is 11.6. The molecule has 1 aromatic heterocycles. The number of Topliss-reactive ketones (excluding diaryl/α,β-unsaturated/α-hetero) is 1. The highest BCUT2D eigenvalue weighted by Crippen LogP contribution is 2.32. The number of benzene rings is 3. The van der Waals surface area contributed by atoms with Gasteiger partial charge in [-0.05, 0) is 57.2 Å². The van der Waals surface area contributed by atoms with Gasteiger partial charge in [0.25, 0.3) is 15.7 Å². The smallest absolute Gasteiger partial charge is 0.270 e. The summed E-state index contributed by atoms with van der Waals surface area (Å²) in [4.78, 5) is 22.6. The van der Waals surface area contributed by atoms with Gasteiger partial charge in [0, 0.05) is 40.2 Å². The molecule has 4 rings (SSSR count). The minimum absolute atomic E-state index is 0.137. The van der Waals surface area contributed by atoms with Crippen molar-refractivity contribution in [2.75, 3.05) is 4.72 Å². The van der Waals surface area contributed by atoms with E-state index in [0.29, 0.717) is 10.9 Å². The van der Waals surface area contributed by atoms with Crippen LogP contribution >= 0.6 is 0 Å².